The summed E-state index contributed by atoms with van der Waals surface area (Å²) < 4.78 is 0. The SMILES string of the molecule is Cc1ccc(-c2nc(CC(N[C@@H](CC(C)C)C(=O)O)C(=O)O)cs2)cc1. The lowest BCUT2D eigenvalue weighted by atomic mass is 10.0. The number of carboxylic acids is 2. The Labute approximate surface area is 156 Å². The smallest absolute Gasteiger partial charge is 0.321 e. The maximum atomic E-state index is 11.6. The van der Waals surface area contributed by atoms with Gasteiger partial charge in [-0.25, -0.2) is 4.98 Å². The number of benzene rings is 1. The second-order valence-electron chi connectivity index (χ2n) is 6.79. The maximum Gasteiger partial charge on any atom is 0.321 e. The minimum atomic E-state index is -1.08. The van der Waals surface area contributed by atoms with Crippen molar-refractivity contribution in [2.45, 2.75) is 45.7 Å². The van der Waals surface area contributed by atoms with Gasteiger partial charge in [0.15, 0.2) is 0 Å². The number of aromatic nitrogens is 1. The highest BCUT2D eigenvalue weighted by molar-refractivity contribution is 7.13. The number of hydrogen-bond acceptors (Lipinski definition) is 5. The zero-order valence-electron chi connectivity index (χ0n) is 15.1. The van der Waals surface area contributed by atoms with E-state index in [9.17, 15) is 19.8 Å². The number of aryl methyl sites for hydroxylation is 1. The summed E-state index contributed by atoms with van der Waals surface area (Å²) in [5.74, 6) is -1.97. The summed E-state index contributed by atoms with van der Waals surface area (Å²) in [5, 5.41) is 24.2. The Morgan fingerprint density at radius 2 is 1.73 bits per heavy atom. The van der Waals surface area contributed by atoms with Crippen molar-refractivity contribution in [2.75, 3.05) is 0 Å². The molecular formula is C19H24N2O4S. The predicted octanol–water partition coefficient (Wildman–Crippen LogP) is 3.20. The third-order valence-electron chi connectivity index (χ3n) is 3.97. The average molecular weight is 376 g/mol. The van der Waals surface area contributed by atoms with E-state index in [0.717, 1.165) is 16.1 Å². The Hall–Kier alpha value is -2.25. The van der Waals surface area contributed by atoms with Crippen LogP contribution in [0.4, 0.5) is 0 Å². The lowest BCUT2D eigenvalue weighted by Crippen LogP contribution is -2.48. The van der Waals surface area contributed by atoms with Crippen molar-refractivity contribution in [3.63, 3.8) is 0 Å². The number of carbonyl (C=O) groups is 2. The van der Waals surface area contributed by atoms with Gasteiger partial charge < -0.3 is 10.2 Å². The Morgan fingerprint density at radius 1 is 1.12 bits per heavy atom. The first kappa shape index (κ1) is 20.1. The monoisotopic (exact) mass is 376 g/mol. The molecule has 0 saturated heterocycles. The molecule has 7 heteroatoms. The zero-order valence-corrected chi connectivity index (χ0v) is 15.9. The maximum absolute atomic E-state index is 11.6. The van der Waals surface area contributed by atoms with E-state index in [-0.39, 0.29) is 12.3 Å². The molecule has 26 heavy (non-hydrogen) atoms. The Bertz CT molecular complexity index is 755. The van der Waals surface area contributed by atoms with E-state index in [1.165, 1.54) is 11.3 Å². The average Bonchev–Trinajstić information content (AvgIpc) is 3.02. The minimum Gasteiger partial charge on any atom is -0.480 e. The fraction of sp³-hybridized carbons (Fsp3) is 0.421. The number of nitrogens with one attached hydrogen (secondary N) is 1. The van der Waals surface area contributed by atoms with Crippen LogP contribution in [0.5, 0.6) is 0 Å². The van der Waals surface area contributed by atoms with Gasteiger partial charge >= 0.3 is 11.9 Å². The van der Waals surface area contributed by atoms with Crippen LogP contribution in [0.2, 0.25) is 0 Å². The number of nitrogens with zero attached hydrogens (tertiary/aromatic N) is 1. The second-order valence-corrected chi connectivity index (χ2v) is 7.65. The van der Waals surface area contributed by atoms with Crippen molar-refractivity contribution in [3.8, 4) is 10.6 Å². The molecule has 0 aliphatic rings. The van der Waals surface area contributed by atoms with E-state index in [1.54, 1.807) is 0 Å². The molecule has 0 radical (unpaired) electrons. The minimum absolute atomic E-state index is 0.138. The molecule has 1 unspecified atom stereocenters. The van der Waals surface area contributed by atoms with Gasteiger partial charge in [0.05, 0.1) is 5.69 Å². The molecule has 140 valence electrons. The number of rotatable bonds is 9. The largest absolute Gasteiger partial charge is 0.480 e. The van der Waals surface area contributed by atoms with E-state index >= 15 is 0 Å². The third kappa shape index (κ3) is 5.64. The van der Waals surface area contributed by atoms with Gasteiger partial charge in [-0.1, -0.05) is 43.7 Å². The number of thiazole rings is 1. The molecule has 2 rings (SSSR count). The van der Waals surface area contributed by atoms with Crippen molar-refractivity contribution in [2.24, 2.45) is 5.92 Å². The zero-order chi connectivity index (χ0) is 19.3. The highest BCUT2D eigenvalue weighted by atomic mass is 32.1. The molecule has 0 aliphatic heterocycles. The van der Waals surface area contributed by atoms with Crippen LogP contribution in [0.1, 0.15) is 31.5 Å². The van der Waals surface area contributed by atoms with Gasteiger partial charge in [0.25, 0.3) is 0 Å². The quantitative estimate of drug-likeness (QED) is 0.621. The summed E-state index contributed by atoms with van der Waals surface area (Å²) in [6.45, 7) is 5.82. The number of carboxylic acid groups (broad SMARTS) is 2. The van der Waals surface area contributed by atoms with Crippen LogP contribution in [0.3, 0.4) is 0 Å². The van der Waals surface area contributed by atoms with E-state index in [2.05, 4.69) is 10.3 Å². The summed E-state index contributed by atoms with van der Waals surface area (Å²) in [5.41, 5.74) is 2.78. The molecular weight excluding hydrogens is 352 g/mol. The fourth-order valence-corrected chi connectivity index (χ4v) is 3.45. The van der Waals surface area contributed by atoms with Crippen molar-refractivity contribution >= 4 is 23.3 Å². The lowest BCUT2D eigenvalue weighted by molar-refractivity contribution is -0.142. The normalized spacial score (nSPS) is 13.5. The second kappa shape index (κ2) is 8.91. The molecule has 0 amide bonds. The molecule has 0 spiro atoms. The first-order valence-corrected chi connectivity index (χ1v) is 9.37. The van der Waals surface area contributed by atoms with Gasteiger partial charge in [0.1, 0.15) is 17.1 Å². The predicted molar refractivity (Wildman–Crippen MR) is 101 cm³/mol. The highest BCUT2D eigenvalue weighted by Crippen LogP contribution is 2.24. The first-order chi connectivity index (χ1) is 12.3. The molecule has 0 aliphatic carbocycles. The van der Waals surface area contributed by atoms with E-state index in [4.69, 9.17) is 0 Å². The van der Waals surface area contributed by atoms with Gasteiger partial charge in [0.2, 0.25) is 0 Å². The van der Waals surface area contributed by atoms with Gasteiger partial charge in [-0.05, 0) is 19.3 Å². The summed E-state index contributed by atoms with van der Waals surface area (Å²) >= 11 is 1.45. The topological polar surface area (TPSA) is 99.5 Å². The van der Waals surface area contributed by atoms with E-state index < -0.39 is 24.0 Å². The molecule has 0 saturated carbocycles. The van der Waals surface area contributed by atoms with Crippen LogP contribution in [0, 0.1) is 12.8 Å². The number of aliphatic carboxylic acids is 2. The van der Waals surface area contributed by atoms with E-state index in [0.29, 0.717) is 12.1 Å². The van der Waals surface area contributed by atoms with Crippen LogP contribution in [-0.4, -0.2) is 39.2 Å². The first-order valence-electron chi connectivity index (χ1n) is 8.49. The van der Waals surface area contributed by atoms with Gasteiger partial charge in [0, 0.05) is 17.4 Å². The fourth-order valence-electron chi connectivity index (χ4n) is 2.61. The summed E-state index contributed by atoms with van der Waals surface area (Å²) in [6, 6.07) is 6.07. The van der Waals surface area contributed by atoms with Gasteiger partial charge in [-0.2, -0.15) is 0 Å². The molecule has 3 N–H and O–H groups in total. The van der Waals surface area contributed by atoms with Crippen LogP contribution in [-0.2, 0) is 16.0 Å². The molecule has 1 aromatic heterocycles. The van der Waals surface area contributed by atoms with Crippen LogP contribution in [0.25, 0.3) is 10.6 Å². The molecule has 0 fully saturated rings. The molecule has 0 bridgehead atoms. The Kier molecular flexibility index (Phi) is 6.88. The molecule has 6 nitrogen and oxygen atoms in total. The standard InChI is InChI=1S/C19H24N2O4S/c1-11(2)8-15(18(22)23)21-16(19(24)25)9-14-10-26-17(20-14)13-6-4-12(3)5-7-13/h4-7,10-11,15-16,21H,8-9H2,1-3H3,(H,22,23)(H,24,25)/t15-,16?/m0/s1. The highest BCUT2D eigenvalue weighted by Gasteiger charge is 2.27. The number of hydrogen-bond donors (Lipinski definition) is 3. The van der Waals surface area contributed by atoms with Crippen LogP contribution < -0.4 is 5.32 Å². The molecule has 2 atom stereocenters. The van der Waals surface area contributed by atoms with E-state index in [1.807, 2.05) is 50.4 Å². The molecule has 1 heterocycles. The van der Waals surface area contributed by atoms with Gasteiger partial charge in [-0.3, -0.25) is 14.9 Å². The Balaban J connectivity index is 2.11. The third-order valence-corrected chi connectivity index (χ3v) is 4.91. The Morgan fingerprint density at radius 3 is 2.27 bits per heavy atom. The van der Waals surface area contributed by atoms with Crippen LogP contribution in [0.15, 0.2) is 29.6 Å². The summed E-state index contributed by atoms with van der Waals surface area (Å²) in [4.78, 5) is 27.5. The van der Waals surface area contributed by atoms with Crippen LogP contribution >= 0.6 is 11.3 Å². The van der Waals surface area contributed by atoms with Crippen molar-refractivity contribution in [1.29, 1.82) is 0 Å². The lowest BCUT2D eigenvalue weighted by Gasteiger charge is -2.21. The molecule has 2 aromatic rings. The van der Waals surface area contributed by atoms with Crippen molar-refractivity contribution in [3.05, 3.63) is 40.9 Å². The summed E-state index contributed by atoms with van der Waals surface area (Å²) in [6.07, 6.45) is 0.504. The van der Waals surface area contributed by atoms with Crippen molar-refractivity contribution in [1.82, 2.24) is 10.3 Å². The summed E-state index contributed by atoms with van der Waals surface area (Å²) in [7, 11) is 0. The molecule has 1 aromatic carbocycles. The van der Waals surface area contributed by atoms with Crippen molar-refractivity contribution < 1.29 is 19.8 Å². The van der Waals surface area contributed by atoms with Gasteiger partial charge in [-0.15, -0.1) is 11.3 Å².